The molecule has 2 heterocycles. The predicted octanol–water partition coefficient (Wildman–Crippen LogP) is 3.47. The zero-order valence-corrected chi connectivity index (χ0v) is 17.0. The van der Waals surface area contributed by atoms with Crippen molar-refractivity contribution >= 4 is 27.5 Å². The summed E-state index contributed by atoms with van der Waals surface area (Å²) in [6, 6.07) is 15.7. The molecule has 0 atom stereocenters. The van der Waals surface area contributed by atoms with Crippen molar-refractivity contribution < 1.29 is 14.3 Å². The molecule has 148 valence electrons. The molecular formula is C21H18BrN3O4. The molecule has 1 aliphatic rings. The molecule has 0 radical (unpaired) electrons. The van der Waals surface area contributed by atoms with Gasteiger partial charge in [-0.2, -0.15) is 5.10 Å². The first kappa shape index (κ1) is 19.2. The fraction of sp³-hybridized carbons (Fsp3) is 0.190. The highest BCUT2D eigenvalue weighted by Crippen LogP contribution is 2.33. The summed E-state index contributed by atoms with van der Waals surface area (Å²) in [4.78, 5) is 24.5. The van der Waals surface area contributed by atoms with Crippen LogP contribution in [0, 0.1) is 0 Å². The smallest absolute Gasteiger partial charge is 0.267 e. The number of anilines is 1. The average molecular weight is 456 g/mol. The van der Waals surface area contributed by atoms with Gasteiger partial charge in [0.05, 0.1) is 18.9 Å². The normalized spacial score (nSPS) is 12.9. The monoisotopic (exact) mass is 455 g/mol. The molecule has 0 saturated carbocycles. The van der Waals surface area contributed by atoms with Gasteiger partial charge in [-0.25, -0.2) is 4.68 Å². The van der Waals surface area contributed by atoms with Gasteiger partial charge < -0.3 is 14.8 Å². The third kappa shape index (κ3) is 4.65. The van der Waals surface area contributed by atoms with Gasteiger partial charge in [0.1, 0.15) is 6.54 Å². The number of amides is 1. The summed E-state index contributed by atoms with van der Waals surface area (Å²) in [5, 5.41) is 7.11. The van der Waals surface area contributed by atoms with Crippen molar-refractivity contribution in [3.8, 4) is 22.8 Å². The van der Waals surface area contributed by atoms with Crippen LogP contribution in [0.15, 0.2) is 63.9 Å². The lowest BCUT2D eigenvalue weighted by atomic mass is 10.1. The molecule has 0 fully saturated rings. The van der Waals surface area contributed by atoms with Crippen LogP contribution in [0.3, 0.4) is 0 Å². The molecule has 0 bridgehead atoms. The maximum Gasteiger partial charge on any atom is 0.267 e. The highest BCUT2D eigenvalue weighted by atomic mass is 79.9. The number of nitrogens with zero attached hydrogens (tertiary/aromatic N) is 2. The number of fused-ring (bicyclic) bond motifs is 1. The van der Waals surface area contributed by atoms with E-state index in [0.29, 0.717) is 36.1 Å². The highest BCUT2D eigenvalue weighted by molar-refractivity contribution is 9.10. The van der Waals surface area contributed by atoms with Crippen molar-refractivity contribution in [2.75, 3.05) is 18.5 Å². The van der Waals surface area contributed by atoms with Crippen LogP contribution in [0.1, 0.15) is 6.42 Å². The van der Waals surface area contributed by atoms with E-state index in [1.54, 1.807) is 18.2 Å². The average Bonchev–Trinajstić information content (AvgIpc) is 2.96. The second-order valence-electron chi connectivity index (χ2n) is 6.48. The number of benzene rings is 2. The molecule has 0 unspecified atom stereocenters. The van der Waals surface area contributed by atoms with Gasteiger partial charge >= 0.3 is 0 Å². The van der Waals surface area contributed by atoms with E-state index in [0.717, 1.165) is 21.1 Å². The number of nitrogens with one attached hydrogen (secondary N) is 1. The molecular weight excluding hydrogens is 438 g/mol. The van der Waals surface area contributed by atoms with Gasteiger partial charge in [0, 0.05) is 28.2 Å². The van der Waals surface area contributed by atoms with Crippen LogP contribution in [-0.4, -0.2) is 28.9 Å². The summed E-state index contributed by atoms with van der Waals surface area (Å²) in [5.41, 5.74) is 1.63. The Kier molecular flexibility index (Phi) is 5.62. The fourth-order valence-electron chi connectivity index (χ4n) is 2.91. The number of hydrogen-bond donors (Lipinski definition) is 1. The molecule has 29 heavy (non-hydrogen) atoms. The minimum atomic E-state index is -0.353. The number of aromatic nitrogens is 2. The number of carbonyl (C=O) groups excluding carboxylic acids is 1. The van der Waals surface area contributed by atoms with Gasteiger partial charge in [0.2, 0.25) is 5.91 Å². The van der Waals surface area contributed by atoms with Gasteiger partial charge in [-0.3, -0.25) is 9.59 Å². The number of rotatable bonds is 4. The van der Waals surface area contributed by atoms with Crippen molar-refractivity contribution in [1.82, 2.24) is 9.78 Å². The zero-order chi connectivity index (χ0) is 20.2. The van der Waals surface area contributed by atoms with Crippen LogP contribution in [0.2, 0.25) is 0 Å². The first-order valence-corrected chi connectivity index (χ1v) is 9.91. The SMILES string of the molecule is O=C(Cn1nc(-c2ccc3c(c2)OCCCO3)ccc1=O)Nc1ccc(Br)cc1. The van der Waals surface area contributed by atoms with Gasteiger partial charge in [-0.05, 0) is 48.5 Å². The molecule has 1 aliphatic heterocycles. The third-order valence-corrected chi connectivity index (χ3v) is 4.86. The van der Waals surface area contributed by atoms with Gasteiger partial charge in [-0.15, -0.1) is 0 Å². The van der Waals surface area contributed by atoms with E-state index in [1.165, 1.54) is 6.07 Å². The van der Waals surface area contributed by atoms with E-state index in [1.807, 2.05) is 30.3 Å². The zero-order valence-electron chi connectivity index (χ0n) is 15.4. The van der Waals surface area contributed by atoms with Gasteiger partial charge in [0.25, 0.3) is 5.56 Å². The second kappa shape index (κ2) is 8.48. The van der Waals surface area contributed by atoms with E-state index in [2.05, 4.69) is 26.3 Å². The number of halogens is 1. The topological polar surface area (TPSA) is 82.5 Å². The lowest BCUT2D eigenvalue weighted by Gasteiger charge is -2.11. The Labute approximate surface area is 175 Å². The Morgan fingerprint density at radius 2 is 1.79 bits per heavy atom. The first-order valence-electron chi connectivity index (χ1n) is 9.12. The minimum Gasteiger partial charge on any atom is -0.490 e. The van der Waals surface area contributed by atoms with Crippen molar-refractivity contribution in [3.63, 3.8) is 0 Å². The molecule has 7 nitrogen and oxygen atoms in total. The summed E-state index contributed by atoms with van der Waals surface area (Å²) in [7, 11) is 0. The van der Waals surface area contributed by atoms with Crippen LogP contribution in [0.4, 0.5) is 5.69 Å². The van der Waals surface area contributed by atoms with E-state index in [-0.39, 0.29) is 18.0 Å². The molecule has 4 rings (SSSR count). The van der Waals surface area contributed by atoms with E-state index < -0.39 is 0 Å². The molecule has 1 N–H and O–H groups in total. The summed E-state index contributed by atoms with van der Waals surface area (Å²) in [6.45, 7) is 1.01. The molecule has 1 amide bonds. The van der Waals surface area contributed by atoms with Crippen molar-refractivity contribution in [2.45, 2.75) is 13.0 Å². The van der Waals surface area contributed by atoms with Crippen molar-refractivity contribution in [1.29, 1.82) is 0 Å². The first-order chi connectivity index (χ1) is 14.1. The Morgan fingerprint density at radius 3 is 2.59 bits per heavy atom. The van der Waals surface area contributed by atoms with Crippen LogP contribution in [0.25, 0.3) is 11.3 Å². The summed E-state index contributed by atoms with van der Waals surface area (Å²) in [6.07, 6.45) is 0.820. The number of carbonyl (C=O) groups is 1. The lowest BCUT2D eigenvalue weighted by Crippen LogP contribution is -2.29. The second-order valence-corrected chi connectivity index (χ2v) is 7.40. The van der Waals surface area contributed by atoms with E-state index in [4.69, 9.17) is 9.47 Å². The van der Waals surface area contributed by atoms with E-state index >= 15 is 0 Å². The maximum absolute atomic E-state index is 12.3. The highest BCUT2D eigenvalue weighted by Gasteiger charge is 2.13. The lowest BCUT2D eigenvalue weighted by molar-refractivity contribution is -0.117. The third-order valence-electron chi connectivity index (χ3n) is 4.33. The van der Waals surface area contributed by atoms with Crippen LogP contribution >= 0.6 is 15.9 Å². The standard InChI is InChI=1S/C21H18BrN3O4/c22-15-3-5-16(6-4-15)23-20(26)13-25-21(27)9-7-17(24-25)14-2-8-18-19(12-14)29-11-1-10-28-18/h2-9,12H,1,10-11,13H2,(H,23,26). The largest absolute Gasteiger partial charge is 0.490 e. The van der Waals surface area contributed by atoms with E-state index in [9.17, 15) is 9.59 Å². The molecule has 0 spiro atoms. The quantitative estimate of drug-likeness (QED) is 0.650. The molecule has 3 aromatic rings. The molecule has 8 heteroatoms. The maximum atomic E-state index is 12.3. The minimum absolute atomic E-state index is 0.187. The molecule has 1 aromatic heterocycles. The Hall–Kier alpha value is -3.13. The van der Waals surface area contributed by atoms with Crippen LogP contribution < -0.4 is 20.3 Å². The Morgan fingerprint density at radius 1 is 1.03 bits per heavy atom. The van der Waals surface area contributed by atoms with Crippen molar-refractivity contribution in [3.05, 3.63) is 69.4 Å². The van der Waals surface area contributed by atoms with Crippen molar-refractivity contribution in [2.24, 2.45) is 0 Å². The summed E-state index contributed by atoms with van der Waals surface area (Å²) >= 11 is 3.35. The molecule has 0 aliphatic carbocycles. The fourth-order valence-corrected chi connectivity index (χ4v) is 3.17. The van der Waals surface area contributed by atoms with Gasteiger partial charge in [-0.1, -0.05) is 15.9 Å². The molecule has 2 aromatic carbocycles. The van der Waals surface area contributed by atoms with Crippen LogP contribution in [0.5, 0.6) is 11.5 Å². The van der Waals surface area contributed by atoms with Gasteiger partial charge in [0.15, 0.2) is 11.5 Å². The summed E-state index contributed by atoms with van der Waals surface area (Å²) < 4.78 is 13.4. The van der Waals surface area contributed by atoms with Crippen LogP contribution in [-0.2, 0) is 11.3 Å². The number of hydrogen-bond acceptors (Lipinski definition) is 5. The summed E-state index contributed by atoms with van der Waals surface area (Å²) in [5.74, 6) is 0.999. The Bertz CT molecular complexity index is 1100. The molecule has 0 saturated heterocycles. The predicted molar refractivity (Wildman–Crippen MR) is 112 cm³/mol. The number of ether oxygens (including phenoxy) is 2. The Balaban J connectivity index is 1.54.